The summed E-state index contributed by atoms with van der Waals surface area (Å²) in [6.45, 7) is 2.35. The standard InChI is InChI=1S/C12H17NO5S/c1-3-18-8(5-11(14)15)6-13-12(16)10-4-9(17-2)7-19-10/h4,7-8H,3,5-6H2,1-2H3,(H,13,16)(H,14,15). The Morgan fingerprint density at radius 3 is 2.79 bits per heavy atom. The summed E-state index contributed by atoms with van der Waals surface area (Å²) in [4.78, 5) is 23.0. The van der Waals surface area contributed by atoms with E-state index >= 15 is 0 Å². The average Bonchev–Trinajstić information content (AvgIpc) is 2.84. The monoisotopic (exact) mass is 287 g/mol. The molecule has 1 unspecified atom stereocenters. The van der Waals surface area contributed by atoms with Gasteiger partial charge in [-0.25, -0.2) is 0 Å². The number of nitrogens with one attached hydrogen (secondary N) is 1. The minimum absolute atomic E-state index is 0.137. The lowest BCUT2D eigenvalue weighted by Gasteiger charge is -2.15. The summed E-state index contributed by atoms with van der Waals surface area (Å²) < 4.78 is 10.2. The molecule has 1 rings (SSSR count). The molecule has 1 amide bonds. The third kappa shape index (κ3) is 5.27. The number of carbonyl (C=O) groups excluding carboxylic acids is 1. The molecule has 1 heterocycles. The molecule has 0 saturated heterocycles. The van der Waals surface area contributed by atoms with Crippen molar-refractivity contribution in [3.8, 4) is 5.75 Å². The molecular weight excluding hydrogens is 270 g/mol. The van der Waals surface area contributed by atoms with Crippen LogP contribution in [0.3, 0.4) is 0 Å². The Balaban J connectivity index is 2.48. The van der Waals surface area contributed by atoms with E-state index in [-0.39, 0.29) is 18.9 Å². The molecule has 1 aromatic rings. The molecule has 0 aliphatic rings. The van der Waals surface area contributed by atoms with Crippen LogP contribution in [0.15, 0.2) is 11.4 Å². The van der Waals surface area contributed by atoms with Gasteiger partial charge < -0.3 is 19.9 Å². The summed E-state index contributed by atoms with van der Waals surface area (Å²) in [5.41, 5.74) is 0. The summed E-state index contributed by atoms with van der Waals surface area (Å²) in [7, 11) is 1.53. The van der Waals surface area contributed by atoms with E-state index in [2.05, 4.69) is 5.32 Å². The first-order chi connectivity index (χ1) is 9.06. The Morgan fingerprint density at radius 1 is 1.53 bits per heavy atom. The topological polar surface area (TPSA) is 84.9 Å². The van der Waals surface area contributed by atoms with Crippen LogP contribution < -0.4 is 10.1 Å². The SMILES string of the molecule is CCOC(CNC(=O)c1cc(OC)cs1)CC(=O)O. The first-order valence-corrected chi connectivity index (χ1v) is 6.68. The van der Waals surface area contributed by atoms with Crippen molar-refractivity contribution in [1.82, 2.24) is 5.32 Å². The van der Waals surface area contributed by atoms with Crippen molar-refractivity contribution < 1.29 is 24.2 Å². The number of thiophene rings is 1. The van der Waals surface area contributed by atoms with Crippen LogP contribution in [0.1, 0.15) is 23.0 Å². The van der Waals surface area contributed by atoms with Gasteiger partial charge in [-0.2, -0.15) is 0 Å². The van der Waals surface area contributed by atoms with E-state index in [0.29, 0.717) is 17.2 Å². The van der Waals surface area contributed by atoms with Gasteiger partial charge in [-0.1, -0.05) is 0 Å². The molecule has 106 valence electrons. The maximum atomic E-state index is 11.8. The first-order valence-electron chi connectivity index (χ1n) is 5.81. The van der Waals surface area contributed by atoms with Crippen molar-refractivity contribution >= 4 is 23.2 Å². The molecular formula is C12H17NO5S. The highest BCUT2D eigenvalue weighted by Crippen LogP contribution is 2.20. The second-order valence-electron chi connectivity index (χ2n) is 3.74. The first kappa shape index (κ1) is 15.5. The van der Waals surface area contributed by atoms with Crippen LogP contribution in [-0.2, 0) is 9.53 Å². The van der Waals surface area contributed by atoms with Crippen LogP contribution in [-0.4, -0.2) is 43.3 Å². The minimum atomic E-state index is -0.953. The van der Waals surface area contributed by atoms with E-state index in [4.69, 9.17) is 14.6 Å². The molecule has 1 atom stereocenters. The van der Waals surface area contributed by atoms with Crippen molar-refractivity contribution in [3.05, 3.63) is 16.3 Å². The lowest BCUT2D eigenvalue weighted by molar-refractivity contribution is -0.140. The van der Waals surface area contributed by atoms with Gasteiger partial charge in [-0.15, -0.1) is 11.3 Å². The number of aliphatic carboxylic acids is 1. The summed E-state index contributed by atoms with van der Waals surface area (Å²) in [6.07, 6.45) is -0.657. The number of carbonyl (C=O) groups is 2. The van der Waals surface area contributed by atoms with E-state index < -0.39 is 12.1 Å². The second-order valence-corrected chi connectivity index (χ2v) is 4.65. The maximum absolute atomic E-state index is 11.8. The Hall–Kier alpha value is -1.60. The van der Waals surface area contributed by atoms with E-state index in [0.717, 1.165) is 0 Å². The van der Waals surface area contributed by atoms with Gasteiger partial charge in [0.25, 0.3) is 5.91 Å². The van der Waals surface area contributed by atoms with Gasteiger partial charge in [-0.3, -0.25) is 9.59 Å². The Morgan fingerprint density at radius 2 is 2.26 bits per heavy atom. The Kier molecular flexibility index (Phi) is 6.31. The largest absolute Gasteiger partial charge is 0.496 e. The van der Waals surface area contributed by atoms with Gasteiger partial charge in [0.05, 0.1) is 24.5 Å². The Labute approximate surface area is 115 Å². The third-order valence-corrected chi connectivity index (χ3v) is 3.24. The summed E-state index contributed by atoms with van der Waals surface area (Å²) >= 11 is 1.27. The molecule has 7 heteroatoms. The predicted octanol–water partition coefficient (Wildman–Crippen LogP) is 1.37. The quantitative estimate of drug-likeness (QED) is 0.754. The van der Waals surface area contributed by atoms with Gasteiger partial charge in [0.15, 0.2) is 0 Å². The molecule has 1 aromatic heterocycles. The number of hydrogen-bond donors (Lipinski definition) is 2. The number of ether oxygens (including phenoxy) is 2. The maximum Gasteiger partial charge on any atom is 0.306 e. The number of hydrogen-bond acceptors (Lipinski definition) is 5. The fourth-order valence-electron chi connectivity index (χ4n) is 1.46. The van der Waals surface area contributed by atoms with Crippen LogP contribution in [0.4, 0.5) is 0 Å². The zero-order valence-corrected chi connectivity index (χ0v) is 11.7. The number of carboxylic acids is 1. The number of rotatable bonds is 8. The van der Waals surface area contributed by atoms with Gasteiger partial charge in [0.1, 0.15) is 5.75 Å². The summed E-state index contributed by atoms with van der Waals surface area (Å²) in [6, 6.07) is 1.63. The third-order valence-electron chi connectivity index (χ3n) is 2.33. The van der Waals surface area contributed by atoms with Crippen LogP contribution in [0.25, 0.3) is 0 Å². The lowest BCUT2D eigenvalue weighted by atomic mass is 10.2. The highest BCUT2D eigenvalue weighted by atomic mass is 32.1. The molecule has 0 aliphatic carbocycles. The van der Waals surface area contributed by atoms with Crippen LogP contribution in [0.2, 0.25) is 0 Å². The zero-order valence-electron chi connectivity index (χ0n) is 10.8. The minimum Gasteiger partial charge on any atom is -0.496 e. The molecule has 6 nitrogen and oxygen atoms in total. The van der Waals surface area contributed by atoms with Crippen LogP contribution in [0, 0.1) is 0 Å². The van der Waals surface area contributed by atoms with Crippen LogP contribution >= 0.6 is 11.3 Å². The van der Waals surface area contributed by atoms with Crippen molar-refractivity contribution in [3.63, 3.8) is 0 Å². The summed E-state index contributed by atoms with van der Waals surface area (Å²) in [5, 5.41) is 13.1. The van der Waals surface area contributed by atoms with Gasteiger partial charge in [-0.05, 0) is 6.92 Å². The summed E-state index contributed by atoms with van der Waals surface area (Å²) in [5.74, 6) is -0.587. The molecule has 0 fully saturated rings. The van der Waals surface area contributed by atoms with Gasteiger partial charge in [0.2, 0.25) is 0 Å². The molecule has 2 N–H and O–H groups in total. The van der Waals surface area contributed by atoms with Crippen molar-refractivity contribution in [2.24, 2.45) is 0 Å². The van der Waals surface area contributed by atoms with Crippen LogP contribution in [0.5, 0.6) is 5.75 Å². The molecule has 0 spiro atoms. The van der Waals surface area contributed by atoms with Gasteiger partial charge >= 0.3 is 5.97 Å². The van der Waals surface area contributed by atoms with Crippen molar-refractivity contribution in [2.45, 2.75) is 19.4 Å². The molecule has 0 saturated carbocycles. The highest BCUT2D eigenvalue weighted by Gasteiger charge is 2.16. The Bertz CT molecular complexity index is 432. The molecule has 0 bridgehead atoms. The normalized spacial score (nSPS) is 11.9. The lowest BCUT2D eigenvalue weighted by Crippen LogP contribution is -2.34. The predicted molar refractivity (Wildman–Crippen MR) is 70.9 cm³/mol. The fourth-order valence-corrected chi connectivity index (χ4v) is 2.23. The fraction of sp³-hybridized carbons (Fsp3) is 0.500. The van der Waals surface area contributed by atoms with E-state index in [1.807, 2.05) is 0 Å². The molecule has 0 aliphatic heterocycles. The number of methoxy groups -OCH3 is 1. The van der Waals surface area contributed by atoms with E-state index in [1.54, 1.807) is 18.4 Å². The smallest absolute Gasteiger partial charge is 0.306 e. The zero-order chi connectivity index (χ0) is 14.3. The highest BCUT2D eigenvalue weighted by molar-refractivity contribution is 7.12. The van der Waals surface area contributed by atoms with E-state index in [1.165, 1.54) is 18.4 Å². The number of amides is 1. The molecule has 19 heavy (non-hydrogen) atoms. The van der Waals surface area contributed by atoms with Gasteiger partial charge in [0, 0.05) is 24.6 Å². The second kappa shape index (κ2) is 7.75. The average molecular weight is 287 g/mol. The number of carboxylic acid groups (broad SMARTS) is 1. The van der Waals surface area contributed by atoms with Crippen molar-refractivity contribution in [2.75, 3.05) is 20.3 Å². The molecule has 0 aromatic carbocycles. The van der Waals surface area contributed by atoms with Crippen molar-refractivity contribution in [1.29, 1.82) is 0 Å². The van der Waals surface area contributed by atoms with E-state index in [9.17, 15) is 9.59 Å². The molecule has 0 radical (unpaired) electrons.